The Hall–Kier alpha value is -3.58. The minimum absolute atomic E-state index is 0.0524. The summed E-state index contributed by atoms with van der Waals surface area (Å²) in [5.41, 5.74) is 12.3. The molecule has 0 atom stereocenters. The number of nitrogens with two attached hydrogens (primary N) is 2. The average Bonchev–Trinajstić information content (AvgIpc) is 3.01. The molecule has 0 radical (unpaired) electrons. The van der Waals surface area contributed by atoms with Gasteiger partial charge in [-0.15, -0.1) is 0 Å². The second-order valence-electron chi connectivity index (χ2n) is 6.30. The smallest absolute Gasteiger partial charge is 0.303 e. The maximum absolute atomic E-state index is 12.4. The molecular weight excluding hydrogens is 344 g/mol. The molecule has 2 aromatic carbocycles. The number of rotatable bonds is 1. The molecule has 5 N–H and O–H groups in total. The topological polar surface area (TPSA) is 115 Å². The number of anilines is 2. The van der Waals surface area contributed by atoms with Gasteiger partial charge in [0.15, 0.2) is 0 Å². The molecule has 0 saturated heterocycles. The molecule has 2 amide bonds. The Morgan fingerprint density at radius 2 is 1.74 bits per heavy atom. The van der Waals surface area contributed by atoms with Crippen molar-refractivity contribution in [2.75, 3.05) is 10.6 Å². The zero-order valence-electron chi connectivity index (χ0n) is 14.7. The highest BCUT2D eigenvalue weighted by atomic mass is 16.4. The molecule has 136 valence electrons. The molecule has 0 saturated carbocycles. The van der Waals surface area contributed by atoms with Crippen molar-refractivity contribution in [3.8, 4) is 22.5 Å². The van der Waals surface area contributed by atoms with Crippen LogP contribution in [0.2, 0.25) is 0 Å². The molecule has 1 aliphatic rings. The van der Waals surface area contributed by atoms with Crippen LogP contribution >= 0.6 is 0 Å². The lowest BCUT2D eigenvalue weighted by molar-refractivity contribution is -0.116. The summed E-state index contributed by atoms with van der Waals surface area (Å²) in [4.78, 5) is 26.2. The van der Waals surface area contributed by atoms with Crippen LogP contribution in [-0.4, -0.2) is 11.8 Å². The summed E-state index contributed by atoms with van der Waals surface area (Å²) in [5.74, 6) is 4.94. The Bertz CT molecular complexity index is 1070. The van der Waals surface area contributed by atoms with Gasteiger partial charge < -0.3 is 15.1 Å². The molecule has 3 aromatic rings. The summed E-state index contributed by atoms with van der Waals surface area (Å²) < 4.78 is 5.88. The van der Waals surface area contributed by atoms with Crippen molar-refractivity contribution in [2.45, 2.75) is 13.5 Å². The summed E-state index contributed by atoms with van der Waals surface area (Å²) >= 11 is 0. The van der Waals surface area contributed by atoms with Gasteiger partial charge in [-0.25, -0.2) is 5.84 Å². The number of hydrogen-bond acceptors (Lipinski definition) is 5. The van der Waals surface area contributed by atoms with Gasteiger partial charge in [-0.3, -0.25) is 15.0 Å². The number of nitrogens with zero attached hydrogens (tertiary/aromatic N) is 1. The van der Waals surface area contributed by atoms with E-state index in [2.05, 4.69) is 5.43 Å². The van der Waals surface area contributed by atoms with Crippen LogP contribution in [0.15, 0.2) is 52.9 Å². The summed E-state index contributed by atoms with van der Waals surface area (Å²) in [6, 6.07) is 15.0. The van der Waals surface area contributed by atoms with Crippen LogP contribution in [0.25, 0.3) is 22.5 Å². The first kappa shape index (κ1) is 16.9. The summed E-state index contributed by atoms with van der Waals surface area (Å²) in [6.45, 7) is 1.90. The Kier molecular flexibility index (Phi) is 3.93. The number of furan rings is 1. The third-order valence-electron chi connectivity index (χ3n) is 4.72. The summed E-state index contributed by atoms with van der Waals surface area (Å²) in [6.07, 6.45) is 0. The minimum Gasteiger partial charge on any atom is -0.448 e. The maximum atomic E-state index is 12.4. The first-order valence-corrected chi connectivity index (χ1v) is 8.42. The van der Waals surface area contributed by atoms with E-state index in [-0.39, 0.29) is 17.4 Å². The Morgan fingerprint density at radius 1 is 1.07 bits per heavy atom. The zero-order chi connectivity index (χ0) is 19.1. The number of amides is 2. The first-order valence-electron chi connectivity index (χ1n) is 8.42. The molecule has 2 heterocycles. The third-order valence-corrected chi connectivity index (χ3v) is 4.72. The van der Waals surface area contributed by atoms with E-state index >= 15 is 0 Å². The van der Waals surface area contributed by atoms with E-state index in [9.17, 15) is 9.59 Å². The largest absolute Gasteiger partial charge is 0.448 e. The first-order chi connectivity index (χ1) is 13.0. The van der Waals surface area contributed by atoms with Crippen molar-refractivity contribution >= 4 is 23.2 Å². The quantitative estimate of drug-likeness (QED) is 0.350. The fraction of sp³-hybridized carbons (Fsp3) is 0.100. The van der Waals surface area contributed by atoms with E-state index in [1.807, 2.05) is 48.5 Å². The van der Waals surface area contributed by atoms with Crippen molar-refractivity contribution in [1.29, 1.82) is 0 Å². The van der Waals surface area contributed by atoms with Gasteiger partial charge in [0.25, 0.3) is 0 Å². The number of carbonyl (C=O) groups is 2. The molecule has 0 fully saturated rings. The normalized spacial score (nSPS) is 12.3. The highest BCUT2D eigenvalue weighted by Crippen LogP contribution is 2.47. The van der Waals surface area contributed by atoms with E-state index < -0.39 is 5.91 Å². The van der Waals surface area contributed by atoms with E-state index in [0.717, 1.165) is 11.1 Å². The summed E-state index contributed by atoms with van der Waals surface area (Å²) in [5, 5.41) is 0. The van der Waals surface area contributed by atoms with E-state index in [1.165, 1.54) is 6.92 Å². The van der Waals surface area contributed by atoms with Crippen molar-refractivity contribution in [2.24, 2.45) is 5.84 Å². The van der Waals surface area contributed by atoms with Crippen molar-refractivity contribution in [1.82, 2.24) is 5.43 Å². The average molecular weight is 362 g/mol. The maximum Gasteiger partial charge on any atom is 0.303 e. The molecular formula is C20H18N4O3. The number of carbonyl (C=O) groups excluding carboxylic acids is 2. The predicted octanol–water partition coefficient (Wildman–Crippen LogP) is 2.67. The van der Waals surface area contributed by atoms with Crippen LogP contribution in [0.5, 0.6) is 0 Å². The monoisotopic (exact) mass is 362 g/mol. The SMILES string of the molecule is CC(=O)N1Cc2ccccc2-c2c(oc(C(=O)NN)c2N)-c2ccccc21. The van der Waals surface area contributed by atoms with Gasteiger partial charge in [0.05, 0.1) is 23.5 Å². The van der Waals surface area contributed by atoms with Crippen LogP contribution in [0.1, 0.15) is 23.0 Å². The number of nitrogens with one attached hydrogen (secondary N) is 1. The van der Waals surface area contributed by atoms with Gasteiger partial charge >= 0.3 is 5.91 Å². The lowest BCUT2D eigenvalue weighted by atomic mass is 9.92. The fourth-order valence-corrected chi connectivity index (χ4v) is 3.47. The van der Waals surface area contributed by atoms with E-state index in [1.54, 1.807) is 4.90 Å². The number of hydrazine groups is 1. The third kappa shape index (κ3) is 2.56. The number of para-hydroxylation sites is 1. The second-order valence-corrected chi connectivity index (χ2v) is 6.30. The van der Waals surface area contributed by atoms with Gasteiger partial charge in [-0.1, -0.05) is 36.4 Å². The molecule has 7 nitrogen and oxygen atoms in total. The number of fused-ring (bicyclic) bond motifs is 5. The van der Waals surface area contributed by atoms with Crippen LogP contribution in [0, 0.1) is 0 Å². The molecule has 0 spiro atoms. The molecule has 4 rings (SSSR count). The molecule has 27 heavy (non-hydrogen) atoms. The Labute approximate surface area is 155 Å². The zero-order valence-corrected chi connectivity index (χ0v) is 14.7. The highest BCUT2D eigenvalue weighted by molar-refractivity contribution is 6.06. The molecule has 7 heteroatoms. The predicted molar refractivity (Wildman–Crippen MR) is 103 cm³/mol. The highest BCUT2D eigenvalue weighted by Gasteiger charge is 2.31. The van der Waals surface area contributed by atoms with Crippen LogP contribution in [-0.2, 0) is 11.3 Å². The number of nitrogen functional groups attached to an aromatic ring is 2. The second kappa shape index (κ2) is 6.30. The minimum atomic E-state index is -0.613. The summed E-state index contributed by atoms with van der Waals surface area (Å²) in [7, 11) is 0. The molecule has 0 bridgehead atoms. The van der Waals surface area contributed by atoms with Gasteiger partial charge in [0.1, 0.15) is 5.76 Å². The Morgan fingerprint density at radius 3 is 2.44 bits per heavy atom. The van der Waals surface area contributed by atoms with E-state index in [4.69, 9.17) is 16.0 Å². The van der Waals surface area contributed by atoms with Crippen LogP contribution < -0.4 is 21.9 Å². The molecule has 1 aliphatic heterocycles. The Balaban J connectivity index is 2.12. The molecule has 0 aliphatic carbocycles. The van der Waals surface area contributed by atoms with Crippen molar-refractivity contribution in [3.63, 3.8) is 0 Å². The van der Waals surface area contributed by atoms with Gasteiger partial charge in [-0.2, -0.15) is 0 Å². The lowest BCUT2D eigenvalue weighted by Crippen LogP contribution is -2.30. The van der Waals surface area contributed by atoms with Gasteiger partial charge in [0.2, 0.25) is 11.7 Å². The number of benzene rings is 2. The van der Waals surface area contributed by atoms with Gasteiger partial charge in [0, 0.05) is 12.5 Å². The van der Waals surface area contributed by atoms with Crippen molar-refractivity contribution < 1.29 is 14.0 Å². The number of hydrogen-bond donors (Lipinski definition) is 3. The van der Waals surface area contributed by atoms with Gasteiger partial charge in [-0.05, 0) is 23.3 Å². The van der Waals surface area contributed by atoms with Crippen molar-refractivity contribution in [3.05, 3.63) is 59.9 Å². The van der Waals surface area contributed by atoms with Crippen LogP contribution in [0.4, 0.5) is 11.4 Å². The fourth-order valence-electron chi connectivity index (χ4n) is 3.47. The van der Waals surface area contributed by atoms with Crippen LogP contribution in [0.3, 0.4) is 0 Å². The molecule has 1 aromatic heterocycles. The molecule has 0 unspecified atom stereocenters. The van der Waals surface area contributed by atoms with E-state index in [0.29, 0.717) is 29.1 Å². The standard InChI is InChI=1S/C20H18N4O3/c1-11(25)24-10-12-6-2-3-7-13(12)16-17(21)19(20(26)23-22)27-18(16)14-8-4-5-9-15(14)24/h2-9H,10,21-22H2,1H3,(H,23,26). The lowest BCUT2D eigenvalue weighted by Gasteiger charge is -2.27.